The van der Waals surface area contributed by atoms with Crippen molar-refractivity contribution in [2.45, 2.75) is 6.42 Å². The molecule has 0 bridgehead atoms. The van der Waals surface area contributed by atoms with Crippen LogP contribution in [0.1, 0.15) is 11.1 Å². The van der Waals surface area contributed by atoms with Crippen molar-refractivity contribution in [1.82, 2.24) is 15.0 Å². The second-order valence-corrected chi connectivity index (χ2v) is 13.2. The van der Waals surface area contributed by atoms with Crippen molar-refractivity contribution in [3.05, 3.63) is 187 Å². The van der Waals surface area contributed by atoms with E-state index in [0.717, 1.165) is 50.6 Å². The smallest absolute Gasteiger partial charge is 0.164 e. The Bertz CT molecular complexity index is 2910. The van der Waals surface area contributed by atoms with E-state index in [1.54, 1.807) is 0 Å². The molecule has 0 radical (unpaired) electrons. The standard InChI is InChI=1S/C48H31N3O/c1-3-10-33(11-4-1)34-21-25-38(26-22-34)47-49-46(37-13-5-2-6-14-37)50-48(51-47)40-16-9-17-44-45(40)42-30-32(19-27-43(42)52-44)28-31-18-20-36-24-23-35-12-7-8-15-39(35)41(36)29-31/h1-27,29-30H,28H2. The van der Waals surface area contributed by atoms with Gasteiger partial charge < -0.3 is 4.42 Å². The highest BCUT2D eigenvalue weighted by Crippen LogP contribution is 2.38. The Morgan fingerprint density at radius 3 is 1.69 bits per heavy atom. The molecule has 0 aliphatic heterocycles. The molecule has 0 aliphatic carbocycles. The van der Waals surface area contributed by atoms with E-state index in [1.807, 2.05) is 48.5 Å². The van der Waals surface area contributed by atoms with Gasteiger partial charge in [0.1, 0.15) is 11.2 Å². The van der Waals surface area contributed by atoms with Gasteiger partial charge in [0.25, 0.3) is 0 Å². The van der Waals surface area contributed by atoms with Gasteiger partial charge in [-0.2, -0.15) is 0 Å². The maximum Gasteiger partial charge on any atom is 0.164 e. The molecule has 10 aromatic rings. The highest BCUT2D eigenvalue weighted by atomic mass is 16.3. The molecule has 0 amide bonds. The summed E-state index contributed by atoms with van der Waals surface area (Å²) in [6, 6.07) is 61.4. The summed E-state index contributed by atoms with van der Waals surface area (Å²) in [6.45, 7) is 0. The van der Waals surface area contributed by atoms with Gasteiger partial charge in [-0.05, 0) is 68.4 Å². The summed E-state index contributed by atoms with van der Waals surface area (Å²) in [5, 5.41) is 7.11. The molecule has 2 heterocycles. The topological polar surface area (TPSA) is 51.8 Å². The van der Waals surface area contributed by atoms with E-state index in [9.17, 15) is 0 Å². The van der Waals surface area contributed by atoms with Crippen LogP contribution in [0.3, 0.4) is 0 Å². The van der Waals surface area contributed by atoms with Crippen molar-refractivity contribution in [3.8, 4) is 45.3 Å². The summed E-state index contributed by atoms with van der Waals surface area (Å²) in [7, 11) is 0. The monoisotopic (exact) mass is 665 g/mol. The zero-order valence-electron chi connectivity index (χ0n) is 28.2. The second-order valence-electron chi connectivity index (χ2n) is 13.2. The van der Waals surface area contributed by atoms with Gasteiger partial charge in [-0.3, -0.25) is 0 Å². The van der Waals surface area contributed by atoms with Crippen LogP contribution in [0.4, 0.5) is 0 Å². The lowest BCUT2D eigenvalue weighted by Crippen LogP contribution is -2.00. The van der Waals surface area contributed by atoms with Crippen LogP contribution >= 0.6 is 0 Å². The van der Waals surface area contributed by atoms with E-state index < -0.39 is 0 Å². The Morgan fingerprint density at radius 2 is 0.923 bits per heavy atom. The average Bonchev–Trinajstić information content (AvgIpc) is 3.59. The molecular weight excluding hydrogens is 635 g/mol. The molecule has 0 aliphatic rings. The molecule has 244 valence electrons. The highest BCUT2D eigenvalue weighted by molar-refractivity contribution is 6.12. The Hall–Kier alpha value is -6.91. The van der Waals surface area contributed by atoms with E-state index in [4.69, 9.17) is 19.4 Å². The minimum atomic E-state index is 0.607. The summed E-state index contributed by atoms with van der Waals surface area (Å²) in [4.78, 5) is 15.2. The number of aromatic nitrogens is 3. The highest BCUT2D eigenvalue weighted by Gasteiger charge is 2.18. The third kappa shape index (κ3) is 5.38. The molecule has 2 aromatic heterocycles. The first-order valence-corrected chi connectivity index (χ1v) is 17.6. The molecule has 52 heavy (non-hydrogen) atoms. The molecule has 0 fully saturated rings. The van der Waals surface area contributed by atoms with Gasteiger partial charge in [-0.15, -0.1) is 0 Å². The van der Waals surface area contributed by atoms with Crippen LogP contribution in [0.15, 0.2) is 180 Å². The van der Waals surface area contributed by atoms with Crippen molar-refractivity contribution in [2.75, 3.05) is 0 Å². The maximum atomic E-state index is 6.44. The van der Waals surface area contributed by atoms with Crippen LogP contribution in [-0.4, -0.2) is 15.0 Å². The van der Waals surface area contributed by atoms with Gasteiger partial charge in [0.05, 0.1) is 0 Å². The van der Waals surface area contributed by atoms with Gasteiger partial charge in [-0.25, -0.2) is 15.0 Å². The Balaban J connectivity index is 1.09. The second kappa shape index (κ2) is 12.4. The molecule has 8 aromatic carbocycles. The van der Waals surface area contributed by atoms with Gasteiger partial charge in [0, 0.05) is 27.5 Å². The Morgan fingerprint density at radius 1 is 0.365 bits per heavy atom. The van der Waals surface area contributed by atoms with Gasteiger partial charge in [-0.1, -0.05) is 158 Å². The summed E-state index contributed by atoms with van der Waals surface area (Å²) in [6.07, 6.45) is 0.803. The van der Waals surface area contributed by atoms with Crippen LogP contribution in [0, 0.1) is 0 Å². The molecule has 4 heteroatoms. The quantitative estimate of drug-likeness (QED) is 0.166. The van der Waals surface area contributed by atoms with Crippen LogP contribution in [0.2, 0.25) is 0 Å². The number of furan rings is 1. The van der Waals surface area contributed by atoms with Gasteiger partial charge in [0.2, 0.25) is 0 Å². The minimum Gasteiger partial charge on any atom is -0.456 e. The maximum absolute atomic E-state index is 6.44. The first kappa shape index (κ1) is 30.0. The normalized spacial score (nSPS) is 11.5. The third-order valence-electron chi connectivity index (χ3n) is 9.94. The predicted octanol–water partition coefficient (Wildman–Crippen LogP) is 12.3. The van der Waals surface area contributed by atoms with E-state index in [-0.39, 0.29) is 0 Å². The largest absolute Gasteiger partial charge is 0.456 e. The van der Waals surface area contributed by atoms with E-state index in [2.05, 4.69) is 127 Å². The lowest BCUT2D eigenvalue weighted by Gasteiger charge is -2.10. The first-order valence-electron chi connectivity index (χ1n) is 17.6. The molecule has 0 N–H and O–H groups in total. The zero-order chi connectivity index (χ0) is 34.4. The fraction of sp³-hybridized carbons (Fsp3) is 0.0208. The fourth-order valence-corrected chi connectivity index (χ4v) is 7.35. The number of benzene rings is 8. The Labute approximate surface area is 300 Å². The average molecular weight is 666 g/mol. The van der Waals surface area contributed by atoms with Crippen LogP contribution in [0.5, 0.6) is 0 Å². The first-order chi connectivity index (χ1) is 25.7. The summed E-state index contributed by atoms with van der Waals surface area (Å²) < 4.78 is 6.44. The number of hydrogen-bond acceptors (Lipinski definition) is 4. The lowest BCUT2D eigenvalue weighted by atomic mass is 9.96. The van der Waals surface area contributed by atoms with E-state index in [1.165, 1.54) is 38.2 Å². The van der Waals surface area contributed by atoms with Crippen molar-refractivity contribution in [2.24, 2.45) is 0 Å². The summed E-state index contributed by atoms with van der Waals surface area (Å²) in [5.74, 6) is 1.86. The number of nitrogens with zero attached hydrogens (tertiary/aromatic N) is 3. The fourth-order valence-electron chi connectivity index (χ4n) is 7.35. The SMILES string of the molecule is c1ccc(-c2ccc(-c3nc(-c4ccccc4)nc(-c4cccc5oc6ccc(Cc7ccc8ccc9ccccc9c8c7)cc6c45)n3)cc2)cc1. The summed E-state index contributed by atoms with van der Waals surface area (Å²) in [5.41, 5.74) is 9.20. The van der Waals surface area contributed by atoms with Crippen LogP contribution < -0.4 is 0 Å². The van der Waals surface area contributed by atoms with Crippen molar-refractivity contribution in [1.29, 1.82) is 0 Å². The molecule has 0 unspecified atom stereocenters. The predicted molar refractivity (Wildman–Crippen MR) is 213 cm³/mol. The van der Waals surface area contributed by atoms with Crippen molar-refractivity contribution >= 4 is 43.5 Å². The summed E-state index contributed by atoms with van der Waals surface area (Å²) >= 11 is 0. The van der Waals surface area contributed by atoms with Crippen molar-refractivity contribution < 1.29 is 4.42 Å². The molecule has 0 spiro atoms. The molecular formula is C48H31N3O. The van der Waals surface area contributed by atoms with Crippen LogP contribution in [0.25, 0.3) is 88.8 Å². The van der Waals surface area contributed by atoms with E-state index >= 15 is 0 Å². The molecule has 10 rings (SSSR count). The number of rotatable bonds is 6. The van der Waals surface area contributed by atoms with Gasteiger partial charge in [0.15, 0.2) is 17.5 Å². The molecule has 0 saturated heterocycles. The minimum absolute atomic E-state index is 0.607. The molecule has 0 saturated carbocycles. The molecule has 0 atom stereocenters. The molecule has 4 nitrogen and oxygen atoms in total. The lowest BCUT2D eigenvalue weighted by molar-refractivity contribution is 0.669. The Kier molecular flexibility index (Phi) is 7.17. The van der Waals surface area contributed by atoms with Crippen molar-refractivity contribution in [3.63, 3.8) is 0 Å². The van der Waals surface area contributed by atoms with Gasteiger partial charge >= 0.3 is 0 Å². The van der Waals surface area contributed by atoms with E-state index in [0.29, 0.717) is 17.5 Å². The zero-order valence-corrected chi connectivity index (χ0v) is 28.2. The number of hydrogen-bond donors (Lipinski definition) is 0. The third-order valence-corrected chi connectivity index (χ3v) is 9.94. The van der Waals surface area contributed by atoms with Crippen LogP contribution in [-0.2, 0) is 6.42 Å². The number of fused-ring (bicyclic) bond motifs is 6.